The molecule has 0 aliphatic carbocycles. The van der Waals surface area contributed by atoms with Gasteiger partial charge in [-0.2, -0.15) is 0 Å². The van der Waals surface area contributed by atoms with Crippen LogP contribution in [0, 0.1) is 11.8 Å². The number of hydrogen-bond donors (Lipinski definition) is 2. The lowest BCUT2D eigenvalue weighted by Crippen LogP contribution is -2.22. The van der Waals surface area contributed by atoms with Gasteiger partial charge in [0.15, 0.2) is 11.5 Å². The van der Waals surface area contributed by atoms with Gasteiger partial charge in [-0.15, -0.1) is 11.3 Å². The molecule has 0 radical (unpaired) electrons. The van der Waals surface area contributed by atoms with Crippen LogP contribution in [0.3, 0.4) is 0 Å². The second-order valence-corrected chi connectivity index (χ2v) is 5.19. The summed E-state index contributed by atoms with van der Waals surface area (Å²) in [5.41, 5.74) is 0.221. The fraction of sp³-hybridized carbons (Fsp3) is 0.286. The van der Waals surface area contributed by atoms with E-state index in [9.17, 15) is 4.79 Å². The summed E-state index contributed by atoms with van der Waals surface area (Å²) in [5, 5.41) is 15.1. The zero-order chi connectivity index (χ0) is 15.1. The highest BCUT2D eigenvalue weighted by molar-refractivity contribution is 7.12. The molecule has 110 valence electrons. The molecule has 0 aliphatic heterocycles. The fourth-order valence-corrected chi connectivity index (χ4v) is 2.38. The van der Waals surface area contributed by atoms with Crippen molar-refractivity contribution in [1.82, 2.24) is 10.5 Å². The van der Waals surface area contributed by atoms with E-state index in [0.29, 0.717) is 12.3 Å². The Balaban J connectivity index is 1.89. The van der Waals surface area contributed by atoms with Crippen LogP contribution in [0.15, 0.2) is 22.7 Å². The van der Waals surface area contributed by atoms with Crippen LogP contribution in [0.2, 0.25) is 0 Å². The first-order chi connectivity index (χ1) is 10.2. The van der Waals surface area contributed by atoms with E-state index < -0.39 is 0 Å². The monoisotopic (exact) mass is 306 g/mol. The number of nitrogens with zero attached hydrogens (tertiary/aromatic N) is 1. The molecule has 21 heavy (non-hydrogen) atoms. The molecule has 0 saturated heterocycles. The molecule has 1 amide bonds. The molecule has 0 unspecified atom stereocenters. The zero-order valence-corrected chi connectivity index (χ0v) is 12.2. The van der Waals surface area contributed by atoms with E-state index in [1.807, 2.05) is 12.1 Å². The van der Waals surface area contributed by atoms with Crippen molar-refractivity contribution in [3.8, 4) is 11.8 Å². The van der Waals surface area contributed by atoms with Gasteiger partial charge in [-0.1, -0.05) is 17.0 Å². The number of aliphatic hydroxyl groups excluding tert-OH is 1. The molecule has 2 N–H and O–H groups in total. The lowest BCUT2D eigenvalue weighted by Gasteiger charge is -1.99. The maximum atomic E-state index is 11.9. The van der Waals surface area contributed by atoms with Crippen LogP contribution in [-0.4, -0.2) is 29.9 Å². The molecule has 2 aromatic rings. The first-order valence-corrected chi connectivity index (χ1v) is 6.95. The van der Waals surface area contributed by atoms with Gasteiger partial charge in [0.2, 0.25) is 0 Å². The average molecular weight is 306 g/mol. The van der Waals surface area contributed by atoms with Crippen LogP contribution in [0.1, 0.15) is 26.0 Å². The molecule has 0 aliphatic rings. The Morgan fingerprint density at radius 1 is 1.57 bits per heavy atom. The zero-order valence-electron chi connectivity index (χ0n) is 11.4. The Kier molecular flexibility index (Phi) is 5.51. The minimum absolute atomic E-state index is 0.167. The quantitative estimate of drug-likeness (QED) is 0.810. The topological polar surface area (TPSA) is 84.6 Å². The third-order valence-corrected chi connectivity index (χ3v) is 3.45. The first kappa shape index (κ1) is 15.3. The third-order valence-electron chi connectivity index (χ3n) is 2.45. The maximum Gasteiger partial charge on any atom is 0.273 e. The summed E-state index contributed by atoms with van der Waals surface area (Å²) in [4.78, 5) is 13.7. The number of methoxy groups -OCH3 is 1. The fourth-order valence-electron chi connectivity index (χ4n) is 1.55. The predicted molar refractivity (Wildman–Crippen MR) is 76.7 cm³/mol. The van der Waals surface area contributed by atoms with Crippen LogP contribution >= 0.6 is 11.3 Å². The Morgan fingerprint density at radius 2 is 2.43 bits per heavy atom. The largest absolute Gasteiger partial charge is 0.384 e. The number of thiophene rings is 1. The molecule has 0 spiro atoms. The Morgan fingerprint density at radius 3 is 3.19 bits per heavy atom. The Bertz CT molecular complexity index is 666. The molecule has 2 heterocycles. The maximum absolute atomic E-state index is 11.9. The van der Waals surface area contributed by atoms with Crippen LogP contribution in [0.25, 0.3) is 0 Å². The summed E-state index contributed by atoms with van der Waals surface area (Å²) in [6.07, 6.45) is 0. The van der Waals surface area contributed by atoms with Crippen molar-refractivity contribution in [1.29, 1.82) is 0 Å². The van der Waals surface area contributed by atoms with Crippen molar-refractivity contribution in [3.63, 3.8) is 0 Å². The lowest BCUT2D eigenvalue weighted by atomic mass is 10.3. The summed E-state index contributed by atoms with van der Waals surface area (Å²) in [5.74, 6) is 5.59. The van der Waals surface area contributed by atoms with Crippen molar-refractivity contribution in [2.75, 3.05) is 13.7 Å². The normalized spacial score (nSPS) is 10.0. The summed E-state index contributed by atoms with van der Waals surface area (Å²) in [6, 6.07) is 5.28. The number of aromatic nitrogens is 1. The molecule has 0 fully saturated rings. The summed E-state index contributed by atoms with van der Waals surface area (Å²) in [6.45, 7) is 0.495. The van der Waals surface area contributed by atoms with Gasteiger partial charge in [0, 0.05) is 18.1 Å². The highest BCUT2D eigenvalue weighted by Gasteiger charge is 2.12. The molecular formula is C14H14N2O4S. The SMILES string of the molecule is COCc1cc(C(=O)NCc2ccc(C#CCO)s2)no1. The third kappa shape index (κ3) is 4.43. The Hall–Kier alpha value is -2.14. The number of aliphatic hydroxyl groups is 1. The van der Waals surface area contributed by atoms with Crippen molar-refractivity contribution in [3.05, 3.63) is 39.4 Å². The highest BCUT2D eigenvalue weighted by Crippen LogP contribution is 2.15. The van der Waals surface area contributed by atoms with Gasteiger partial charge in [-0.3, -0.25) is 4.79 Å². The molecule has 7 heteroatoms. The number of carbonyl (C=O) groups excluding carboxylic acids is 1. The van der Waals surface area contributed by atoms with E-state index in [1.165, 1.54) is 18.4 Å². The standard InChI is InChI=1S/C14H14N2O4S/c1-19-9-10-7-13(16-20-10)14(18)15-8-12-5-4-11(21-12)3-2-6-17/h4-5,7,17H,6,8-9H2,1H3,(H,15,18). The van der Waals surface area contributed by atoms with Crippen molar-refractivity contribution in [2.45, 2.75) is 13.2 Å². The van der Waals surface area contributed by atoms with Crippen LogP contribution in [-0.2, 0) is 17.9 Å². The number of ether oxygens (including phenoxy) is 1. The van der Waals surface area contributed by atoms with E-state index in [0.717, 1.165) is 9.75 Å². The molecule has 6 nitrogen and oxygen atoms in total. The number of nitrogens with one attached hydrogen (secondary N) is 1. The second kappa shape index (κ2) is 7.59. The van der Waals surface area contributed by atoms with Crippen LogP contribution < -0.4 is 5.32 Å². The second-order valence-electron chi connectivity index (χ2n) is 4.02. The lowest BCUT2D eigenvalue weighted by molar-refractivity contribution is 0.0941. The molecule has 2 aromatic heterocycles. The van der Waals surface area contributed by atoms with Gasteiger partial charge in [-0.05, 0) is 12.1 Å². The number of rotatable bonds is 5. The van der Waals surface area contributed by atoms with Crippen molar-refractivity contribution in [2.24, 2.45) is 0 Å². The van der Waals surface area contributed by atoms with Gasteiger partial charge in [0.05, 0.1) is 11.4 Å². The molecule has 0 bridgehead atoms. The van der Waals surface area contributed by atoms with Gasteiger partial charge in [0.25, 0.3) is 5.91 Å². The average Bonchev–Trinajstić information content (AvgIpc) is 3.12. The van der Waals surface area contributed by atoms with Crippen molar-refractivity contribution >= 4 is 17.2 Å². The Labute approximate surface area is 125 Å². The van der Waals surface area contributed by atoms with E-state index in [2.05, 4.69) is 22.3 Å². The molecule has 0 saturated carbocycles. The van der Waals surface area contributed by atoms with E-state index in [-0.39, 0.29) is 24.8 Å². The highest BCUT2D eigenvalue weighted by atomic mass is 32.1. The van der Waals surface area contributed by atoms with E-state index in [1.54, 1.807) is 6.07 Å². The van der Waals surface area contributed by atoms with Gasteiger partial charge < -0.3 is 19.7 Å². The van der Waals surface area contributed by atoms with Crippen LogP contribution in [0.4, 0.5) is 0 Å². The molecule has 0 atom stereocenters. The predicted octanol–water partition coefficient (Wildman–Crippen LogP) is 1.16. The minimum Gasteiger partial charge on any atom is -0.384 e. The molecule has 0 aromatic carbocycles. The molecule has 2 rings (SSSR count). The van der Waals surface area contributed by atoms with Gasteiger partial charge in [0.1, 0.15) is 13.2 Å². The summed E-state index contributed by atoms with van der Waals surface area (Å²) in [7, 11) is 1.54. The minimum atomic E-state index is -0.308. The van der Waals surface area contributed by atoms with Crippen LogP contribution in [0.5, 0.6) is 0 Å². The van der Waals surface area contributed by atoms with Gasteiger partial charge >= 0.3 is 0 Å². The summed E-state index contributed by atoms with van der Waals surface area (Å²) < 4.78 is 9.84. The number of hydrogen-bond acceptors (Lipinski definition) is 6. The summed E-state index contributed by atoms with van der Waals surface area (Å²) >= 11 is 1.46. The number of amides is 1. The van der Waals surface area contributed by atoms with Gasteiger partial charge in [-0.25, -0.2) is 0 Å². The van der Waals surface area contributed by atoms with Crippen molar-refractivity contribution < 1.29 is 19.2 Å². The van der Waals surface area contributed by atoms with E-state index in [4.69, 9.17) is 14.4 Å². The molecular weight excluding hydrogens is 292 g/mol. The van der Waals surface area contributed by atoms with E-state index >= 15 is 0 Å². The number of carbonyl (C=O) groups is 1. The smallest absolute Gasteiger partial charge is 0.273 e. The first-order valence-electron chi connectivity index (χ1n) is 6.14.